The van der Waals surface area contributed by atoms with Crippen LogP contribution in [0, 0.1) is 12.7 Å². The summed E-state index contributed by atoms with van der Waals surface area (Å²) in [6, 6.07) is 12.0. The highest BCUT2D eigenvalue weighted by Gasteiger charge is 2.06. The first-order valence-electron chi connectivity index (χ1n) is 7.07. The second-order valence-corrected chi connectivity index (χ2v) is 5.39. The number of anilines is 1. The Morgan fingerprint density at radius 3 is 2.73 bits per heavy atom. The second-order valence-electron chi connectivity index (χ2n) is 4.98. The number of hydrogen-bond acceptors (Lipinski definition) is 2. The Hall–Kier alpha value is -1.91. The Balaban J connectivity index is 1.76. The summed E-state index contributed by atoms with van der Waals surface area (Å²) >= 11 is 6.00. The molecule has 1 amide bonds. The molecule has 0 saturated heterocycles. The summed E-state index contributed by atoms with van der Waals surface area (Å²) in [6.07, 6.45) is 0.538. The molecule has 2 N–H and O–H groups in total. The number of amides is 1. The van der Waals surface area contributed by atoms with E-state index >= 15 is 0 Å². The number of carbonyl (C=O) groups excluding carboxylic acids is 1. The van der Waals surface area contributed by atoms with E-state index in [1.165, 1.54) is 6.07 Å². The molecule has 3 nitrogen and oxygen atoms in total. The van der Waals surface area contributed by atoms with Crippen molar-refractivity contribution in [3.63, 3.8) is 0 Å². The second kappa shape index (κ2) is 7.92. The number of halogens is 2. The molecule has 0 aliphatic carbocycles. The lowest BCUT2D eigenvalue weighted by Gasteiger charge is -2.10. The Bertz CT molecular complexity index is 661. The molecule has 0 radical (unpaired) electrons. The summed E-state index contributed by atoms with van der Waals surface area (Å²) in [7, 11) is 0. The molecular formula is C17H18ClFN2O. The van der Waals surface area contributed by atoms with Crippen LogP contribution in [-0.2, 0) is 11.2 Å². The molecular weight excluding hydrogens is 303 g/mol. The van der Waals surface area contributed by atoms with Gasteiger partial charge in [-0.15, -0.1) is 0 Å². The minimum Gasteiger partial charge on any atom is -0.325 e. The van der Waals surface area contributed by atoms with E-state index in [0.29, 0.717) is 29.2 Å². The molecule has 2 rings (SSSR count). The van der Waals surface area contributed by atoms with Gasteiger partial charge in [0.25, 0.3) is 0 Å². The van der Waals surface area contributed by atoms with Crippen molar-refractivity contribution in [1.82, 2.24) is 5.32 Å². The molecule has 22 heavy (non-hydrogen) atoms. The smallest absolute Gasteiger partial charge is 0.238 e. The van der Waals surface area contributed by atoms with Crippen LogP contribution < -0.4 is 10.6 Å². The molecule has 2 aromatic carbocycles. The van der Waals surface area contributed by atoms with Gasteiger partial charge in [-0.05, 0) is 49.2 Å². The molecule has 2 aromatic rings. The largest absolute Gasteiger partial charge is 0.325 e. The molecule has 0 aliphatic heterocycles. The normalized spacial score (nSPS) is 10.5. The van der Waals surface area contributed by atoms with Crippen LogP contribution in [0.1, 0.15) is 11.1 Å². The van der Waals surface area contributed by atoms with Gasteiger partial charge in [0.1, 0.15) is 5.82 Å². The van der Waals surface area contributed by atoms with E-state index in [4.69, 9.17) is 11.6 Å². The maximum Gasteiger partial charge on any atom is 0.238 e. The van der Waals surface area contributed by atoms with Gasteiger partial charge in [0.05, 0.1) is 6.54 Å². The van der Waals surface area contributed by atoms with Gasteiger partial charge in [-0.2, -0.15) is 0 Å². The molecule has 0 fully saturated rings. The van der Waals surface area contributed by atoms with Crippen molar-refractivity contribution in [3.05, 3.63) is 64.4 Å². The average Bonchev–Trinajstić information content (AvgIpc) is 2.50. The van der Waals surface area contributed by atoms with Crippen LogP contribution >= 0.6 is 11.6 Å². The fraction of sp³-hybridized carbons (Fsp3) is 0.235. The highest BCUT2D eigenvalue weighted by molar-refractivity contribution is 6.31. The third-order valence-electron chi connectivity index (χ3n) is 3.36. The average molecular weight is 321 g/mol. The monoisotopic (exact) mass is 320 g/mol. The third-order valence-corrected chi connectivity index (χ3v) is 3.77. The molecule has 0 heterocycles. The van der Waals surface area contributed by atoms with Gasteiger partial charge in [-0.25, -0.2) is 4.39 Å². The number of nitrogens with one attached hydrogen (secondary N) is 2. The lowest BCUT2D eigenvalue weighted by atomic mass is 10.1. The van der Waals surface area contributed by atoms with Crippen LogP contribution in [0.3, 0.4) is 0 Å². The number of rotatable bonds is 6. The van der Waals surface area contributed by atoms with E-state index in [-0.39, 0.29) is 18.3 Å². The fourth-order valence-electron chi connectivity index (χ4n) is 2.06. The molecule has 5 heteroatoms. The van der Waals surface area contributed by atoms with Gasteiger partial charge in [0.15, 0.2) is 0 Å². The van der Waals surface area contributed by atoms with Crippen molar-refractivity contribution >= 4 is 23.2 Å². The van der Waals surface area contributed by atoms with E-state index in [9.17, 15) is 9.18 Å². The van der Waals surface area contributed by atoms with Crippen molar-refractivity contribution in [3.8, 4) is 0 Å². The van der Waals surface area contributed by atoms with Crippen LogP contribution in [0.15, 0.2) is 42.5 Å². The minimum absolute atomic E-state index is 0.154. The number of hydrogen-bond donors (Lipinski definition) is 2. The molecule has 0 aromatic heterocycles. The summed E-state index contributed by atoms with van der Waals surface area (Å²) in [4.78, 5) is 11.9. The Labute approximate surface area is 134 Å². The summed E-state index contributed by atoms with van der Waals surface area (Å²) in [5, 5.41) is 6.42. The van der Waals surface area contributed by atoms with Crippen molar-refractivity contribution < 1.29 is 9.18 Å². The zero-order chi connectivity index (χ0) is 15.9. The van der Waals surface area contributed by atoms with Crippen LogP contribution in [0.25, 0.3) is 0 Å². The lowest BCUT2D eigenvalue weighted by Crippen LogP contribution is -2.29. The maximum atomic E-state index is 13.4. The first-order chi connectivity index (χ1) is 10.6. The van der Waals surface area contributed by atoms with Crippen LogP contribution in [-0.4, -0.2) is 19.0 Å². The molecule has 0 unspecified atom stereocenters. The summed E-state index contributed by atoms with van der Waals surface area (Å²) in [5.41, 5.74) is 2.18. The van der Waals surface area contributed by atoms with Gasteiger partial charge < -0.3 is 10.6 Å². The Kier molecular flexibility index (Phi) is 5.92. The van der Waals surface area contributed by atoms with Crippen LogP contribution in [0.5, 0.6) is 0 Å². The molecule has 0 atom stereocenters. The van der Waals surface area contributed by atoms with E-state index in [1.807, 2.05) is 6.92 Å². The van der Waals surface area contributed by atoms with Crippen molar-refractivity contribution in [1.29, 1.82) is 0 Å². The summed E-state index contributed by atoms with van der Waals surface area (Å²) in [5.74, 6) is -0.373. The maximum absolute atomic E-state index is 13.4. The van der Waals surface area contributed by atoms with Crippen LogP contribution in [0.2, 0.25) is 5.02 Å². The molecule has 0 saturated carbocycles. The molecule has 116 valence electrons. The van der Waals surface area contributed by atoms with Gasteiger partial charge in [-0.3, -0.25) is 4.79 Å². The topological polar surface area (TPSA) is 41.1 Å². The van der Waals surface area contributed by atoms with E-state index in [2.05, 4.69) is 10.6 Å². The predicted octanol–water partition coefficient (Wildman–Crippen LogP) is 3.56. The standard InChI is InChI=1S/C17H18ClFN2O/c1-12-14(18)6-4-8-16(12)21-17(22)11-20-10-9-13-5-2-3-7-15(13)19/h2-8,20H,9-11H2,1H3,(H,21,22). The minimum atomic E-state index is -0.219. The molecule has 0 aliphatic rings. The predicted molar refractivity (Wildman–Crippen MR) is 87.8 cm³/mol. The first kappa shape index (κ1) is 16.5. The van der Waals surface area contributed by atoms with Crippen LogP contribution in [0.4, 0.5) is 10.1 Å². The summed E-state index contributed by atoms with van der Waals surface area (Å²) < 4.78 is 13.4. The van der Waals surface area contributed by atoms with Crippen molar-refractivity contribution in [2.75, 3.05) is 18.4 Å². The molecule has 0 bridgehead atoms. The zero-order valence-corrected chi connectivity index (χ0v) is 13.1. The third kappa shape index (κ3) is 4.55. The van der Waals surface area contributed by atoms with Gasteiger partial charge in [0, 0.05) is 10.7 Å². The number of carbonyl (C=O) groups is 1. The SMILES string of the molecule is Cc1c(Cl)cccc1NC(=O)CNCCc1ccccc1F. The van der Waals surface area contributed by atoms with Gasteiger partial charge >= 0.3 is 0 Å². The lowest BCUT2D eigenvalue weighted by molar-refractivity contribution is -0.115. The van der Waals surface area contributed by atoms with E-state index in [0.717, 1.165) is 5.56 Å². The highest BCUT2D eigenvalue weighted by atomic mass is 35.5. The zero-order valence-electron chi connectivity index (χ0n) is 12.3. The van der Waals surface area contributed by atoms with Gasteiger partial charge in [-0.1, -0.05) is 35.9 Å². The first-order valence-corrected chi connectivity index (χ1v) is 7.45. The van der Waals surface area contributed by atoms with Crippen molar-refractivity contribution in [2.24, 2.45) is 0 Å². The molecule has 0 spiro atoms. The summed E-state index contributed by atoms with van der Waals surface area (Å²) in [6.45, 7) is 2.55. The quantitative estimate of drug-likeness (QED) is 0.799. The van der Waals surface area contributed by atoms with Gasteiger partial charge in [0.2, 0.25) is 5.91 Å². The van der Waals surface area contributed by atoms with Crippen molar-refractivity contribution in [2.45, 2.75) is 13.3 Å². The number of benzene rings is 2. The highest BCUT2D eigenvalue weighted by Crippen LogP contribution is 2.22. The fourth-order valence-corrected chi connectivity index (χ4v) is 2.24. The Morgan fingerprint density at radius 2 is 1.95 bits per heavy atom. The Morgan fingerprint density at radius 1 is 1.18 bits per heavy atom. The van der Waals surface area contributed by atoms with E-state index < -0.39 is 0 Å². The van der Waals surface area contributed by atoms with E-state index in [1.54, 1.807) is 36.4 Å².